The first-order valence-corrected chi connectivity index (χ1v) is 8.76. The zero-order chi connectivity index (χ0) is 19.4. The van der Waals surface area contributed by atoms with Gasteiger partial charge in [0.1, 0.15) is 12.2 Å². The average Bonchev–Trinajstić information content (AvgIpc) is 2.39. The SMILES string of the molecule is CCC(C)(COC(C)(C)C)C(C)(C)OC(=O)OCC(C)C(C)(C)O. The molecule has 0 aromatic rings. The van der Waals surface area contributed by atoms with Gasteiger partial charge in [-0.3, -0.25) is 0 Å². The summed E-state index contributed by atoms with van der Waals surface area (Å²) in [5.74, 6) is -0.185. The zero-order valence-corrected chi connectivity index (χ0v) is 17.3. The average molecular weight is 347 g/mol. The van der Waals surface area contributed by atoms with Gasteiger partial charge in [0.25, 0.3) is 0 Å². The normalized spacial score (nSPS) is 17.1. The van der Waals surface area contributed by atoms with Crippen LogP contribution in [0.25, 0.3) is 0 Å². The van der Waals surface area contributed by atoms with E-state index in [0.29, 0.717) is 6.61 Å². The summed E-state index contributed by atoms with van der Waals surface area (Å²) in [5, 5.41) is 9.90. The third kappa shape index (κ3) is 7.39. The fourth-order valence-electron chi connectivity index (χ4n) is 1.84. The Morgan fingerprint density at radius 2 is 1.54 bits per heavy atom. The highest BCUT2D eigenvalue weighted by molar-refractivity contribution is 5.60. The molecule has 0 amide bonds. The van der Waals surface area contributed by atoms with Crippen LogP contribution in [0.15, 0.2) is 0 Å². The molecule has 0 saturated heterocycles. The molecule has 0 bridgehead atoms. The van der Waals surface area contributed by atoms with Crippen LogP contribution >= 0.6 is 0 Å². The Hall–Kier alpha value is -0.810. The van der Waals surface area contributed by atoms with Crippen LogP contribution in [0.1, 0.15) is 75.7 Å². The molecule has 144 valence electrons. The van der Waals surface area contributed by atoms with Crippen molar-refractivity contribution in [2.24, 2.45) is 11.3 Å². The largest absolute Gasteiger partial charge is 0.508 e. The van der Waals surface area contributed by atoms with Crippen molar-refractivity contribution in [3.8, 4) is 0 Å². The van der Waals surface area contributed by atoms with Gasteiger partial charge in [0.2, 0.25) is 0 Å². The molecule has 0 rings (SSSR count). The van der Waals surface area contributed by atoms with Crippen molar-refractivity contribution in [3.63, 3.8) is 0 Å². The lowest BCUT2D eigenvalue weighted by molar-refractivity contribution is -0.140. The van der Waals surface area contributed by atoms with Gasteiger partial charge in [0, 0.05) is 11.3 Å². The number of hydrogen-bond donors (Lipinski definition) is 1. The lowest BCUT2D eigenvalue weighted by Gasteiger charge is -2.43. The predicted molar refractivity (Wildman–Crippen MR) is 96.1 cm³/mol. The predicted octanol–water partition coefficient (Wildman–Crippen LogP) is 4.56. The smallest absolute Gasteiger partial charge is 0.434 e. The number of hydrogen-bond acceptors (Lipinski definition) is 5. The summed E-state index contributed by atoms with van der Waals surface area (Å²) in [4.78, 5) is 12.1. The van der Waals surface area contributed by atoms with Crippen LogP contribution in [0.5, 0.6) is 0 Å². The number of carbonyl (C=O) groups excluding carboxylic acids is 1. The maximum Gasteiger partial charge on any atom is 0.508 e. The van der Waals surface area contributed by atoms with Crippen LogP contribution in [-0.4, -0.2) is 41.3 Å². The monoisotopic (exact) mass is 346 g/mol. The van der Waals surface area contributed by atoms with E-state index in [1.165, 1.54) is 0 Å². The maximum absolute atomic E-state index is 12.1. The van der Waals surface area contributed by atoms with Crippen LogP contribution in [0, 0.1) is 11.3 Å². The van der Waals surface area contributed by atoms with Crippen LogP contribution in [-0.2, 0) is 14.2 Å². The Kier molecular flexibility index (Phi) is 7.77. The molecule has 0 spiro atoms. The molecule has 0 radical (unpaired) electrons. The van der Waals surface area contributed by atoms with E-state index in [1.807, 2.05) is 48.5 Å². The molecule has 0 aromatic heterocycles. The second-order valence-corrected chi connectivity index (χ2v) is 9.04. The molecule has 0 heterocycles. The van der Waals surface area contributed by atoms with Crippen LogP contribution in [0.3, 0.4) is 0 Å². The van der Waals surface area contributed by atoms with Gasteiger partial charge in [-0.25, -0.2) is 4.79 Å². The van der Waals surface area contributed by atoms with Crippen molar-refractivity contribution in [2.75, 3.05) is 13.2 Å². The molecule has 5 heteroatoms. The van der Waals surface area contributed by atoms with Crippen LogP contribution < -0.4 is 0 Å². The van der Waals surface area contributed by atoms with Gasteiger partial charge in [-0.05, 0) is 54.9 Å². The Balaban J connectivity index is 4.81. The number of carbonyl (C=O) groups is 1. The minimum atomic E-state index is -0.908. The third-order valence-electron chi connectivity index (χ3n) is 5.05. The lowest BCUT2D eigenvalue weighted by atomic mass is 9.73. The van der Waals surface area contributed by atoms with Gasteiger partial charge >= 0.3 is 6.16 Å². The summed E-state index contributed by atoms with van der Waals surface area (Å²) in [6, 6.07) is 0. The Morgan fingerprint density at radius 1 is 1.04 bits per heavy atom. The molecule has 0 aliphatic rings. The van der Waals surface area contributed by atoms with Crippen LogP contribution in [0.2, 0.25) is 0 Å². The van der Waals surface area contributed by atoms with Gasteiger partial charge < -0.3 is 19.3 Å². The standard InChI is InChI=1S/C19H38O5/c1-11-19(10,13-23-16(3,4)5)18(8,9)24-15(20)22-12-14(2)17(6,7)21/h14,21H,11-13H2,1-10H3. The number of aliphatic hydroxyl groups is 1. The molecule has 0 aliphatic heterocycles. The van der Waals surface area contributed by atoms with E-state index < -0.39 is 17.4 Å². The lowest BCUT2D eigenvalue weighted by Crippen LogP contribution is -2.49. The highest BCUT2D eigenvalue weighted by atomic mass is 16.7. The van der Waals surface area contributed by atoms with Crippen molar-refractivity contribution in [1.29, 1.82) is 0 Å². The highest BCUT2D eigenvalue weighted by Crippen LogP contribution is 2.39. The van der Waals surface area contributed by atoms with Gasteiger partial charge in [-0.15, -0.1) is 0 Å². The van der Waals surface area contributed by atoms with E-state index in [4.69, 9.17) is 14.2 Å². The quantitative estimate of drug-likeness (QED) is 0.653. The molecular weight excluding hydrogens is 308 g/mol. The molecule has 5 nitrogen and oxygen atoms in total. The van der Waals surface area contributed by atoms with Crippen molar-refractivity contribution in [2.45, 2.75) is 92.5 Å². The molecule has 0 fully saturated rings. The fourth-order valence-corrected chi connectivity index (χ4v) is 1.84. The van der Waals surface area contributed by atoms with E-state index in [-0.39, 0.29) is 23.5 Å². The Bertz CT molecular complexity index is 403. The van der Waals surface area contributed by atoms with Crippen molar-refractivity contribution in [3.05, 3.63) is 0 Å². The summed E-state index contributed by atoms with van der Waals surface area (Å²) >= 11 is 0. The molecular formula is C19H38O5. The van der Waals surface area contributed by atoms with Gasteiger partial charge in [0.05, 0.1) is 17.8 Å². The summed E-state index contributed by atoms with van der Waals surface area (Å²) in [6.07, 6.45) is 0.0789. The van der Waals surface area contributed by atoms with Gasteiger partial charge in [-0.2, -0.15) is 0 Å². The third-order valence-corrected chi connectivity index (χ3v) is 5.05. The van der Waals surface area contributed by atoms with E-state index in [9.17, 15) is 9.90 Å². The molecule has 0 aliphatic carbocycles. The molecule has 1 N–H and O–H groups in total. The maximum atomic E-state index is 12.1. The number of rotatable bonds is 8. The van der Waals surface area contributed by atoms with Crippen LogP contribution in [0.4, 0.5) is 4.79 Å². The minimum absolute atomic E-state index is 0.111. The molecule has 24 heavy (non-hydrogen) atoms. The van der Waals surface area contributed by atoms with Crippen molar-refractivity contribution < 1.29 is 24.1 Å². The molecule has 2 unspecified atom stereocenters. The Morgan fingerprint density at radius 3 is 1.92 bits per heavy atom. The summed E-state index contributed by atoms with van der Waals surface area (Å²) < 4.78 is 16.7. The van der Waals surface area contributed by atoms with E-state index >= 15 is 0 Å². The topological polar surface area (TPSA) is 65.0 Å². The van der Waals surface area contributed by atoms with Gasteiger partial charge in [-0.1, -0.05) is 20.8 Å². The van der Waals surface area contributed by atoms with Crippen molar-refractivity contribution in [1.82, 2.24) is 0 Å². The molecule has 0 aromatic carbocycles. The molecule has 0 saturated carbocycles. The Labute approximate surface area is 148 Å². The zero-order valence-electron chi connectivity index (χ0n) is 17.3. The van der Waals surface area contributed by atoms with E-state index in [0.717, 1.165) is 6.42 Å². The summed E-state index contributed by atoms with van der Waals surface area (Å²) in [5.41, 5.74) is -2.26. The number of ether oxygens (including phenoxy) is 3. The van der Waals surface area contributed by atoms with Crippen molar-refractivity contribution >= 4 is 6.16 Å². The van der Waals surface area contributed by atoms with E-state index in [1.54, 1.807) is 13.8 Å². The minimum Gasteiger partial charge on any atom is -0.434 e. The first kappa shape index (κ1) is 23.2. The molecule has 2 atom stereocenters. The first-order chi connectivity index (χ1) is 10.5. The second kappa shape index (κ2) is 8.05. The first-order valence-electron chi connectivity index (χ1n) is 8.76. The van der Waals surface area contributed by atoms with Gasteiger partial charge in [0.15, 0.2) is 0 Å². The van der Waals surface area contributed by atoms with E-state index in [2.05, 4.69) is 6.92 Å². The highest BCUT2D eigenvalue weighted by Gasteiger charge is 2.44. The fraction of sp³-hybridized carbons (Fsp3) is 0.947. The summed E-state index contributed by atoms with van der Waals surface area (Å²) in [7, 11) is 0. The second-order valence-electron chi connectivity index (χ2n) is 9.04. The summed E-state index contributed by atoms with van der Waals surface area (Å²) in [6.45, 7) is 19.7.